The molecule has 0 aromatic heterocycles. The Labute approximate surface area is 199 Å². The highest BCUT2D eigenvalue weighted by molar-refractivity contribution is 7.90. The number of carbonyl (C=O) groups is 1. The summed E-state index contributed by atoms with van der Waals surface area (Å²) < 4.78 is 25.7. The number of sulfone groups is 1. The van der Waals surface area contributed by atoms with Crippen LogP contribution < -0.4 is 16.0 Å². The first kappa shape index (κ1) is 23.3. The van der Waals surface area contributed by atoms with Crippen molar-refractivity contribution in [3.63, 3.8) is 0 Å². The van der Waals surface area contributed by atoms with Crippen LogP contribution in [0.25, 0.3) is 0 Å². The summed E-state index contributed by atoms with van der Waals surface area (Å²) >= 11 is 6.25. The minimum Gasteiger partial charge on any atom is -0.331 e. The predicted octanol–water partition coefficient (Wildman–Crippen LogP) is 5.11. The fourth-order valence-corrected chi connectivity index (χ4v) is 5.54. The number of anilines is 1. The number of rotatable bonds is 6. The maximum Gasteiger partial charge on any atom is 0.319 e. The average Bonchev–Trinajstić information content (AvgIpc) is 3.23. The molecule has 1 aliphatic rings. The van der Waals surface area contributed by atoms with Crippen molar-refractivity contribution in [3.8, 4) is 0 Å². The van der Waals surface area contributed by atoms with Gasteiger partial charge in [-0.3, -0.25) is 0 Å². The molecule has 0 saturated heterocycles. The Morgan fingerprint density at radius 3 is 2.52 bits per heavy atom. The van der Waals surface area contributed by atoms with Gasteiger partial charge >= 0.3 is 6.03 Å². The van der Waals surface area contributed by atoms with E-state index in [1.54, 1.807) is 18.2 Å². The zero-order chi connectivity index (χ0) is 23.6. The molecule has 8 heteroatoms. The van der Waals surface area contributed by atoms with Gasteiger partial charge in [0.25, 0.3) is 0 Å². The topological polar surface area (TPSA) is 87.3 Å². The SMILES string of the molecule is Cc1ccc(Cl)c(C(C)NC(=O)Nc2ccc(S(=O)(=O)Cc3ccc4c(c3)CNC4)cc2)c1. The molecular weight excluding hydrogens is 458 g/mol. The monoisotopic (exact) mass is 483 g/mol. The number of nitrogens with one attached hydrogen (secondary N) is 3. The smallest absolute Gasteiger partial charge is 0.319 e. The number of urea groups is 1. The largest absolute Gasteiger partial charge is 0.331 e. The Morgan fingerprint density at radius 1 is 1.03 bits per heavy atom. The number of aryl methyl sites for hydroxylation is 1. The van der Waals surface area contributed by atoms with Crippen molar-refractivity contribution in [2.75, 3.05) is 5.32 Å². The lowest BCUT2D eigenvalue weighted by Crippen LogP contribution is -2.31. The lowest BCUT2D eigenvalue weighted by Gasteiger charge is -2.17. The fraction of sp³-hybridized carbons (Fsp3) is 0.240. The molecule has 3 aromatic carbocycles. The predicted molar refractivity (Wildman–Crippen MR) is 131 cm³/mol. The standard InChI is InChI=1S/C25H26ClN3O3S/c1-16-3-10-24(26)23(11-16)17(2)28-25(30)29-21-6-8-22(9-7-21)33(31,32)15-18-4-5-19-13-27-14-20(19)12-18/h3-12,17,27H,13-15H2,1-2H3,(H2,28,29,30). The Hall–Kier alpha value is -2.87. The van der Waals surface area contributed by atoms with Gasteiger partial charge in [0.1, 0.15) is 0 Å². The number of hydrogen-bond acceptors (Lipinski definition) is 4. The van der Waals surface area contributed by atoms with E-state index >= 15 is 0 Å². The van der Waals surface area contributed by atoms with Crippen molar-refractivity contribution >= 4 is 33.2 Å². The first-order chi connectivity index (χ1) is 15.7. The number of carbonyl (C=O) groups excluding carboxylic acids is 1. The summed E-state index contributed by atoms with van der Waals surface area (Å²) in [5.74, 6) is -0.0672. The third kappa shape index (κ3) is 5.55. The minimum absolute atomic E-state index is 0.0672. The molecule has 1 unspecified atom stereocenters. The number of fused-ring (bicyclic) bond motifs is 1. The van der Waals surface area contributed by atoms with Crippen molar-refractivity contribution < 1.29 is 13.2 Å². The second-order valence-corrected chi connectivity index (χ2v) is 10.7. The molecule has 1 atom stereocenters. The average molecular weight is 484 g/mol. The van der Waals surface area contributed by atoms with Crippen molar-refractivity contribution in [1.29, 1.82) is 0 Å². The molecule has 2 amide bonds. The molecule has 0 spiro atoms. The van der Waals surface area contributed by atoms with Crippen LogP contribution in [0.4, 0.5) is 10.5 Å². The molecule has 4 rings (SSSR count). The first-order valence-corrected chi connectivity index (χ1v) is 12.7. The summed E-state index contributed by atoms with van der Waals surface area (Å²) in [6.45, 7) is 5.40. The summed E-state index contributed by atoms with van der Waals surface area (Å²) in [7, 11) is -3.50. The van der Waals surface area contributed by atoms with E-state index in [1.165, 1.54) is 17.7 Å². The summed E-state index contributed by atoms with van der Waals surface area (Å²) in [4.78, 5) is 12.6. The highest BCUT2D eigenvalue weighted by Gasteiger charge is 2.18. The number of amides is 2. The Kier molecular flexibility index (Phi) is 6.74. The van der Waals surface area contributed by atoms with Crippen LogP contribution in [0.2, 0.25) is 5.02 Å². The zero-order valence-corrected chi connectivity index (χ0v) is 20.1. The van der Waals surface area contributed by atoms with E-state index in [2.05, 4.69) is 16.0 Å². The zero-order valence-electron chi connectivity index (χ0n) is 18.5. The molecule has 0 bridgehead atoms. The number of halogens is 1. The van der Waals surface area contributed by atoms with Crippen molar-refractivity contribution in [1.82, 2.24) is 10.6 Å². The second kappa shape index (κ2) is 9.55. The molecule has 1 heterocycles. The molecule has 0 fully saturated rings. The van der Waals surface area contributed by atoms with E-state index in [0.717, 1.165) is 35.3 Å². The molecule has 3 aromatic rings. The molecule has 0 aliphatic carbocycles. The van der Waals surface area contributed by atoms with Crippen LogP contribution in [0.3, 0.4) is 0 Å². The Bertz CT molecular complexity index is 1290. The van der Waals surface area contributed by atoms with Gasteiger partial charge in [-0.1, -0.05) is 47.5 Å². The summed E-state index contributed by atoms with van der Waals surface area (Å²) in [5.41, 5.74) is 5.51. The van der Waals surface area contributed by atoms with E-state index in [9.17, 15) is 13.2 Å². The van der Waals surface area contributed by atoms with Crippen LogP contribution in [0.15, 0.2) is 65.6 Å². The fourth-order valence-electron chi connectivity index (χ4n) is 3.92. The summed E-state index contributed by atoms with van der Waals surface area (Å²) in [5, 5.41) is 9.44. The van der Waals surface area contributed by atoms with Gasteiger partial charge in [0.05, 0.1) is 16.7 Å². The van der Waals surface area contributed by atoms with Gasteiger partial charge in [-0.2, -0.15) is 0 Å². The van der Waals surface area contributed by atoms with Crippen LogP contribution in [0, 0.1) is 6.92 Å². The first-order valence-electron chi connectivity index (χ1n) is 10.7. The normalized spacial score (nSPS) is 13.9. The molecule has 0 saturated carbocycles. The number of benzene rings is 3. The van der Waals surface area contributed by atoms with Gasteiger partial charge in [0, 0.05) is 23.8 Å². The van der Waals surface area contributed by atoms with Gasteiger partial charge < -0.3 is 16.0 Å². The van der Waals surface area contributed by atoms with E-state index in [1.807, 2.05) is 44.2 Å². The van der Waals surface area contributed by atoms with Gasteiger partial charge in [0.2, 0.25) is 0 Å². The summed E-state index contributed by atoms with van der Waals surface area (Å²) in [6.07, 6.45) is 0. The molecule has 33 heavy (non-hydrogen) atoms. The van der Waals surface area contributed by atoms with E-state index in [4.69, 9.17) is 11.6 Å². The van der Waals surface area contributed by atoms with Crippen LogP contribution >= 0.6 is 11.6 Å². The lowest BCUT2D eigenvalue weighted by molar-refractivity contribution is 0.249. The van der Waals surface area contributed by atoms with Crippen molar-refractivity contribution in [2.45, 2.75) is 43.6 Å². The Morgan fingerprint density at radius 2 is 1.76 bits per heavy atom. The van der Waals surface area contributed by atoms with Gasteiger partial charge in [-0.15, -0.1) is 0 Å². The second-order valence-electron chi connectivity index (χ2n) is 8.34. The number of hydrogen-bond donors (Lipinski definition) is 3. The van der Waals surface area contributed by atoms with Crippen molar-refractivity contribution in [2.24, 2.45) is 0 Å². The molecular formula is C25H26ClN3O3S. The molecule has 1 aliphatic heterocycles. The molecule has 3 N–H and O–H groups in total. The van der Waals surface area contributed by atoms with Crippen LogP contribution in [-0.2, 0) is 28.7 Å². The van der Waals surface area contributed by atoms with Gasteiger partial charge in [-0.05, 0) is 66.4 Å². The third-order valence-corrected chi connectivity index (χ3v) is 7.74. The Balaban J connectivity index is 1.39. The molecule has 0 radical (unpaired) electrons. The van der Waals surface area contributed by atoms with Crippen LogP contribution in [0.5, 0.6) is 0 Å². The van der Waals surface area contributed by atoms with E-state index < -0.39 is 15.9 Å². The highest BCUT2D eigenvalue weighted by Crippen LogP contribution is 2.25. The molecule has 172 valence electrons. The van der Waals surface area contributed by atoms with E-state index in [-0.39, 0.29) is 16.7 Å². The maximum absolute atomic E-state index is 12.9. The van der Waals surface area contributed by atoms with E-state index in [0.29, 0.717) is 10.7 Å². The minimum atomic E-state index is -3.50. The maximum atomic E-state index is 12.9. The van der Waals surface area contributed by atoms with Crippen LogP contribution in [0.1, 0.15) is 40.8 Å². The van der Waals surface area contributed by atoms with Gasteiger partial charge in [0.15, 0.2) is 9.84 Å². The highest BCUT2D eigenvalue weighted by atomic mass is 35.5. The summed E-state index contributed by atoms with van der Waals surface area (Å²) in [6, 6.07) is 17.0. The third-order valence-electron chi connectivity index (χ3n) is 5.70. The van der Waals surface area contributed by atoms with Gasteiger partial charge in [-0.25, -0.2) is 13.2 Å². The quantitative estimate of drug-likeness (QED) is 0.454. The molecule has 6 nitrogen and oxygen atoms in total. The lowest BCUT2D eigenvalue weighted by atomic mass is 10.1. The van der Waals surface area contributed by atoms with Crippen LogP contribution in [-0.4, -0.2) is 14.4 Å². The van der Waals surface area contributed by atoms with Crippen molar-refractivity contribution in [3.05, 3.63) is 93.5 Å².